The minimum Gasteiger partial charge on any atom is -0.489 e. The Hall–Kier alpha value is -1.58. The third-order valence-corrected chi connectivity index (χ3v) is 1.72. The molecule has 1 rings (SSSR count). The molecule has 4 heteroatoms. The Balaban J connectivity index is 2.81. The maximum atomic E-state index is 13.2. The summed E-state index contributed by atoms with van der Waals surface area (Å²) in [6, 6.07) is 6.51. The van der Waals surface area contributed by atoms with Crippen molar-refractivity contribution in [2.75, 3.05) is 6.61 Å². The second kappa shape index (κ2) is 4.29. The molecule has 1 aromatic rings. The van der Waals surface area contributed by atoms with E-state index in [0.717, 1.165) is 0 Å². The molecular weight excluding hydrogens is 197 g/mol. The van der Waals surface area contributed by atoms with Gasteiger partial charge in [0.05, 0.1) is 5.56 Å². The number of hydrogen-bond donors (Lipinski definition) is 1. The van der Waals surface area contributed by atoms with Gasteiger partial charge < -0.3 is 10.5 Å². The highest BCUT2D eigenvalue weighted by Gasteiger charge is 2.18. The fourth-order valence-corrected chi connectivity index (χ4v) is 1.05. The van der Waals surface area contributed by atoms with Crippen LogP contribution in [-0.4, -0.2) is 18.2 Å². The number of rotatable bonds is 4. The molecule has 15 heavy (non-hydrogen) atoms. The van der Waals surface area contributed by atoms with Crippen LogP contribution in [-0.2, 0) is 0 Å². The van der Waals surface area contributed by atoms with Crippen LogP contribution in [0, 0.1) is 0 Å². The first-order valence-corrected chi connectivity index (χ1v) is 4.61. The number of para-hydroxylation sites is 1. The van der Waals surface area contributed by atoms with E-state index < -0.39 is 11.6 Å². The van der Waals surface area contributed by atoms with Crippen LogP contribution in [0.2, 0.25) is 0 Å². The first-order chi connectivity index (χ1) is 6.90. The number of ether oxygens (including phenoxy) is 1. The summed E-state index contributed by atoms with van der Waals surface area (Å²) in [5, 5.41) is 0. The molecule has 3 nitrogen and oxygen atoms in total. The number of alkyl halides is 1. The third-order valence-electron chi connectivity index (χ3n) is 1.72. The first-order valence-electron chi connectivity index (χ1n) is 4.61. The van der Waals surface area contributed by atoms with E-state index in [1.807, 2.05) is 0 Å². The largest absolute Gasteiger partial charge is 0.489 e. The van der Waals surface area contributed by atoms with Gasteiger partial charge in [0, 0.05) is 0 Å². The Bertz CT molecular complexity index is 358. The Morgan fingerprint density at radius 2 is 2.07 bits per heavy atom. The van der Waals surface area contributed by atoms with Crippen LogP contribution in [0.5, 0.6) is 5.75 Å². The quantitative estimate of drug-likeness (QED) is 0.827. The van der Waals surface area contributed by atoms with Crippen LogP contribution in [0.15, 0.2) is 24.3 Å². The van der Waals surface area contributed by atoms with Gasteiger partial charge in [-0.3, -0.25) is 4.79 Å². The molecular formula is C11H14FNO2. The van der Waals surface area contributed by atoms with E-state index in [9.17, 15) is 9.18 Å². The number of nitrogens with two attached hydrogens (primary N) is 1. The van der Waals surface area contributed by atoms with Gasteiger partial charge in [0.2, 0.25) is 0 Å². The van der Waals surface area contributed by atoms with Crippen LogP contribution >= 0.6 is 0 Å². The van der Waals surface area contributed by atoms with Gasteiger partial charge in [0.1, 0.15) is 18.0 Å². The van der Waals surface area contributed by atoms with E-state index in [0.29, 0.717) is 5.75 Å². The molecule has 0 radical (unpaired) electrons. The molecule has 0 fully saturated rings. The van der Waals surface area contributed by atoms with Crippen molar-refractivity contribution in [3.05, 3.63) is 29.8 Å². The zero-order valence-electron chi connectivity index (χ0n) is 8.79. The van der Waals surface area contributed by atoms with Crippen molar-refractivity contribution >= 4 is 5.91 Å². The number of benzene rings is 1. The summed E-state index contributed by atoms with van der Waals surface area (Å²) in [4.78, 5) is 11.0. The molecule has 0 aliphatic heterocycles. The van der Waals surface area contributed by atoms with E-state index in [2.05, 4.69) is 0 Å². The summed E-state index contributed by atoms with van der Waals surface area (Å²) in [5.41, 5.74) is 3.97. The van der Waals surface area contributed by atoms with Crippen molar-refractivity contribution in [1.82, 2.24) is 0 Å². The molecule has 0 aliphatic carbocycles. The minimum absolute atomic E-state index is 0.114. The van der Waals surface area contributed by atoms with Crippen molar-refractivity contribution in [3.8, 4) is 5.75 Å². The lowest BCUT2D eigenvalue weighted by atomic mass is 10.2. The molecule has 1 aromatic carbocycles. The Morgan fingerprint density at radius 3 is 2.60 bits per heavy atom. The van der Waals surface area contributed by atoms with Gasteiger partial charge in [-0.1, -0.05) is 12.1 Å². The molecule has 0 aromatic heterocycles. The Kier molecular flexibility index (Phi) is 3.29. The zero-order valence-corrected chi connectivity index (χ0v) is 8.79. The SMILES string of the molecule is CC(C)(F)COc1ccccc1C(N)=O. The van der Waals surface area contributed by atoms with Crippen molar-refractivity contribution in [3.63, 3.8) is 0 Å². The van der Waals surface area contributed by atoms with Gasteiger partial charge in [-0.05, 0) is 26.0 Å². The maximum Gasteiger partial charge on any atom is 0.252 e. The van der Waals surface area contributed by atoms with Crippen molar-refractivity contribution < 1.29 is 13.9 Å². The van der Waals surface area contributed by atoms with Gasteiger partial charge >= 0.3 is 0 Å². The second-order valence-corrected chi connectivity index (χ2v) is 3.87. The molecule has 0 aliphatic rings. The summed E-state index contributed by atoms with van der Waals surface area (Å²) < 4.78 is 18.4. The topological polar surface area (TPSA) is 52.3 Å². The van der Waals surface area contributed by atoms with E-state index >= 15 is 0 Å². The summed E-state index contributed by atoms with van der Waals surface area (Å²) >= 11 is 0. The van der Waals surface area contributed by atoms with Crippen LogP contribution < -0.4 is 10.5 Å². The average molecular weight is 211 g/mol. The van der Waals surface area contributed by atoms with E-state index in [-0.39, 0.29) is 12.2 Å². The second-order valence-electron chi connectivity index (χ2n) is 3.87. The average Bonchev–Trinajstić information content (AvgIpc) is 2.14. The lowest BCUT2D eigenvalue weighted by molar-refractivity contribution is 0.0979. The summed E-state index contributed by atoms with van der Waals surface area (Å²) in [6.45, 7) is 2.69. The van der Waals surface area contributed by atoms with Crippen molar-refractivity contribution in [2.45, 2.75) is 19.5 Å². The molecule has 82 valence electrons. The Labute approximate surface area is 88.0 Å². The smallest absolute Gasteiger partial charge is 0.252 e. The minimum atomic E-state index is -1.44. The lowest BCUT2D eigenvalue weighted by Crippen LogP contribution is -2.24. The Morgan fingerprint density at radius 1 is 1.47 bits per heavy atom. The number of carbonyl (C=O) groups excluding carboxylic acids is 1. The fraction of sp³-hybridized carbons (Fsp3) is 0.364. The normalized spacial score (nSPS) is 11.1. The molecule has 2 N–H and O–H groups in total. The monoisotopic (exact) mass is 211 g/mol. The summed E-state index contributed by atoms with van der Waals surface area (Å²) in [7, 11) is 0. The van der Waals surface area contributed by atoms with Gasteiger partial charge in [0.15, 0.2) is 0 Å². The highest BCUT2D eigenvalue weighted by molar-refractivity contribution is 5.95. The molecule has 0 spiro atoms. The van der Waals surface area contributed by atoms with E-state index in [1.54, 1.807) is 24.3 Å². The molecule has 1 amide bonds. The highest BCUT2D eigenvalue weighted by atomic mass is 19.1. The molecule has 0 saturated heterocycles. The highest BCUT2D eigenvalue weighted by Crippen LogP contribution is 2.19. The first kappa shape index (κ1) is 11.5. The van der Waals surface area contributed by atoms with Crippen LogP contribution in [0.4, 0.5) is 4.39 Å². The van der Waals surface area contributed by atoms with E-state index in [4.69, 9.17) is 10.5 Å². The standard InChI is InChI=1S/C11H14FNO2/c1-11(2,12)7-15-9-6-4-3-5-8(9)10(13)14/h3-6H,7H2,1-2H3,(H2,13,14). The molecule has 0 saturated carbocycles. The molecule has 0 unspecified atom stereocenters. The molecule has 0 bridgehead atoms. The van der Waals surface area contributed by atoms with Gasteiger partial charge in [-0.25, -0.2) is 4.39 Å². The van der Waals surface area contributed by atoms with Crippen LogP contribution in [0.1, 0.15) is 24.2 Å². The number of amides is 1. The third kappa shape index (κ3) is 3.58. The van der Waals surface area contributed by atoms with Crippen molar-refractivity contribution in [2.24, 2.45) is 5.73 Å². The number of hydrogen-bond acceptors (Lipinski definition) is 2. The predicted molar refractivity (Wildman–Crippen MR) is 55.6 cm³/mol. The summed E-state index contributed by atoms with van der Waals surface area (Å²) in [6.07, 6.45) is 0. The zero-order chi connectivity index (χ0) is 11.5. The van der Waals surface area contributed by atoms with Crippen molar-refractivity contribution in [1.29, 1.82) is 0 Å². The molecule has 0 heterocycles. The predicted octanol–water partition coefficient (Wildman–Crippen LogP) is 1.91. The van der Waals surface area contributed by atoms with Gasteiger partial charge in [-0.15, -0.1) is 0 Å². The van der Waals surface area contributed by atoms with Gasteiger partial charge in [0.25, 0.3) is 5.91 Å². The molecule has 0 atom stereocenters. The number of halogens is 1. The van der Waals surface area contributed by atoms with E-state index in [1.165, 1.54) is 13.8 Å². The maximum absolute atomic E-state index is 13.2. The number of primary amides is 1. The van der Waals surface area contributed by atoms with Crippen LogP contribution in [0.25, 0.3) is 0 Å². The van der Waals surface area contributed by atoms with Gasteiger partial charge in [-0.2, -0.15) is 0 Å². The summed E-state index contributed by atoms with van der Waals surface area (Å²) in [5.74, 6) is -0.266. The fourth-order valence-electron chi connectivity index (χ4n) is 1.05. The lowest BCUT2D eigenvalue weighted by Gasteiger charge is -2.16. The number of carbonyl (C=O) groups is 1. The van der Waals surface area contributed by atoms with Crippen LogP contribution in [0.3, 0.4) is 0 Å².